The fourth-order valence-corrected chi connectivity index (χ4v) is 5.45. The van der Waals surface area contributed by atoms with E-state index < -0.39 is 0 Å². The van der Waals surface area contributed by atoms with Crippen LogP contribution in [-0.4, -0.2) is 51.2 Å². The van der Waals surface area contributed by atoms with Crippen molar-refractivity contribution < 1.29 is 14.3 Å². The van der Waals surface area contributed by atoms with Crippen LogP contribution in [-0.2, 0) is 5.41 Å². The Kier molecular flexibility index (Phi) is 5.94. The van der Waals surface area contributed by atoms with E-state index in [0.717, 1.165) is 43.9 Å². The van der Waals surface area contributed by atoms with Crippen LogP contribution in [0.2, 0.25) is 5.02 Å². The Hall–Kier alpha value is -2.24. The number of amides is 1. The molecule has 1 N–H and O–H groups in total. The lowest BCUT2D eigenvalue weighted by Gasteiger charge is -2.43. The summed E-state index contributed by atoms with van der Waals surface area (Å²) in [5.74, 6) is 1.98. The molecule has 1 heterocycles. The molecule has 2 fully saturated rings. The number of nitrogens with zero attached hydrogens (tertiary/aromatic N) is 1. The van der Waals surface area contributed by atoms with Crippen molar-refractivity contribution in [2.24, 2.45) is 5.92 Å². The van der Waals surface area contributed by atoms with Gasteiger partial charge in [-0.25, -0.2) is 0 Å². The number of carbonyl (C=O) groups is 1. The van der Waals surface area contributed by atoms with E-state index in [1.807, 2.05) is 6.07 Å². The highest BCUT2D eigenvalue weighted by molar-refractivity contribution is 6.30. The predicted molar refractivity (Wildman–Crippen MR) is 119 cm³/mol. The van der Waals surface area contributed by atoms with E-state index in [2.05, 4.69) is 29.4 Å². The summed E-state index contributed by atoms with van der Waals surface area (Å²) in [6, 6.07) is 13.6. The highest BCUT2D eigenvalue weighted by Crippen LogP contribution is 2.49. The van der Waals surface area contributed by atoms with E-state index in [9.17, 15) is 4.79 Å². The van der Waals surface area contributed by atoms with Crippen molar-refractivity contribution in [1.29, 1.82) is 0 Å². The summed E-state index contributed by atoms with van der Waals surface area (Å²) in [5.41, 5.74) is 2.03. The SMILES string of the molecule is COc1ccc([C@]23CC[C@H](NC(=O)c4ccc(Cl)cc4)C[C@@H]2CN(C)C3)cc1OC. The highest BCUT2D eigenvalue weighted by Gasteiger charge is 2.50. The Morgan fingerprint density at radius 3 is 2.57 bits per heavy atom. The molecule has 1 saturated heterocycles. The number of fused-ring (bicyclic) bond motifs is 1. The summed E-state index contributed by atoms with van der Waals surface area (Å²) < 4.78 is 11.0. The van der Waals surface area contributed by atoms with Gasteiger partial charge < -0.3 is 19.7 Å². The van der Waals surface area contributed by atoms with Crippen molar-refractivity contribution in [2.45, 2.75) is 30.7 Å². The van der Waals surface area contributed by atoms with E-state index in [-0.39, 0.29) is 17.4 Å². The van der Waals surface area contributed by atoms with Gasteiger partial charge in [0.1, 0.15) is 0 Å². The lowest BCUT2D eigenvalue weighted by atomic mass is 9.63. The van der Waals surface area contributed by atoms with Crippen molar-refractivity contribution in [3.63, 3.8) is 0 Å². The maximum absolute atomic E-state index is 12.7. The van der Waals surface area contributed by atoms with Crippen molar-refractivity contribution in [3.8, 4) is 11.5 Å². The standard InChI is InChI=1S/C24H29ClN2O3/c1-27-14-18-12-20(26-23(28)16-4-7-19(25)8-5-16)10-11-24(18,15-27)17-6-9-21(29-2)22(13-17)30-3/h4-9,13,18,20H,10-12,14-15H2,1-3H3,(H,26,28)/t18-,20+,24-/m1/s1. The molecule has 2 aromatic rings. The maximum Gasteiger partial charge on any atom is 0.251 e. The number of hydrogen-bond acceptors (Lipinski definition) is 4. The van der Waals surface area contributed by atoms with Crippen molar-refractivity contribution >= 4 is 17.5 Å². The molecule has 0 radical (unpaired) electrons. The van der Waals surface area contributed by atoms with Gasteiger partial charge in [0, 0.05) is 35.1 Å². The van der Waals surface area contributed by atoms with E-state index >= 15 is 0 Å². The molecule has 30 heavy (non-hydrogen) atoms. The minimum Gasteiger partial charge on any atom is -0.493 e. The van der Waals surface area contributed by atoms with E-state index in [1.165, 1.54) is 5.56 Å². The zero-order chi connectivity index (χ0) is 21.3. The predicted octanol–water partition coefficient (Wildman–Crippen LogP) is 4.14. The van der Waals surface area contributed by atoms with Crippen molar-refractivity contribution in [1.82, 2.24) is 10.2 Å². The Labute approximate surface area is 183 Å². The van der Waals surface area contributed by atoms with Gasteiger partial charge >= 0.3 is 0 Å². The molecular formula is C24H29ClN2O3. The molecule has 160 valence electrons. The third-order valence-corrected chi connectivity index (χ3v) is 7.03. The molecule has 0 spiro atoms. The average molecular weight is 429 g/mol. The number of rotatable bonds is 5. The van der Waals surface area contributed by atoms with Crippen LogP contribution in [0.15, 0.2) is 42.5 Å². The van der Waals surface area contributed by atoms with Gasteiger partial charge in [0.2, 0.25) is 0 Å². The molecule has 0 unspecified atom stereocenters. The summed E-state index contributed by atoms with van der Waals surface area (Å²) in [6.07, 6.45) is 2.96. The van der Waals surface area contributed by atoms with E-state index in [4.69, 9.17) is 21.1 Å². The van der Waals surface area contributed by atoms with Gasteiger partial charge in [-0.05, 0) is 74.2 Å². The zero-order valence-corrected chi connectivity index (χ0v) is 18.5. The first-order valence-corrected chi connectivity index (χ1v) is 10.8. The lowest BCUT2D eigenvalue weighted by Crippen LogP contribution is -2.47. The largest absolute Gasteiger partial charge is 0.493 e. The van der Waals surface area contributed by atoms with Crippen LogP contribution in [0.3, 0.4) is 0 Å². The quantitative estimate of drug-likeness (QED) is 0.777. The number of halogens is 1. The zero-order valence-electron chi connectivity index (χ0n) is 17.8. The first kappa shape index (κ1) is 21.0. The Bertz CT molecular complexity index is 917. The Morgan fingerprint density at radius 1 is 1.13 bits per heavy atom. The van der Waals surface area contributed by atoms with Gasteiger partial charge in [0.25, 0.3) is 5.91 Å². The second-order valence-electron chi connectivity index (χ2n) is 8.57. The summed E-state index contributed by atoms with van der Waals surface area (Å²) in [4.78, 5) is 15.1. The number of methoxy groups -OCH3 is 2. The molecule has 1 saturated carbocycles. The molecule has 2 aliphatic rings. The smallest absolute Gasteiger partial charge is 0.251 e. The Morgan fingerprint density at radius 2 is 1.87 bits per heavy atom. The normalized spacial score (nSPS) is 26.1. The minimum absolute atomic E-state index is 0.0263. The first-order valence-electron chi connectivity index (χ1n) is 10.4. The van der Waals surface area contributed by atoms with Crippen LogP contribution in [0.25, 0.3) is 0 Å². The summed E-state index contributed by atoms with van der Waals surface area (Å²) in [7, 11) is 5.53. The third kappa shape index (κ3) is 3.88. The molecule has 0 bridgehead atoms. The molecule has 6 heteroatoms. The van der Waals surface area contributed by atoms with Crippen LogP contribution in [0.5, 0.6) is 11.5 Å². The van der Waals surface area contributed by atoms with Crippen LogP contribution < -0.4 is 14.8 Å². The van der Waals surface area contributed by atoms with Gasteiger partial charge in [-0.3, -0.25) is 4.79 Å². The molecule has 1 aliphatic carbocycles. The fourth-order valence-electron chi connectivity index (χ4n) is 5.32. The number of benzene rings is 2. The van der Waals surface area contributed by atoms with Crippen LogP contribution in [0.4, 0.5) is 0 Å². The van der Waals surface area contributed by atoms with Crippen LogP contribution in [0.1, 0.15) is 35.2 Å². The van der Waals surface area contributed by atoms with Gasteiger partial charge in [-0.1, -0.05) is 17.7 Å². The first-order chi connectivity index (χ1) is 14.4. The van der Waals surface area contributed by atoms with Crippen molar-refractivity contribution in [3.05, 3.63) is 58.6 Å². The maximum atomic E-state index is 12.7. The number of likely N-dealkylation sites (tertiary alicyclic amines) is 1. The average Bonchev–Trinajstić information content (AvgIpc) is 3.09. The molecule has 1 aliphatic heterocycles. The molecule has 3 atom stereocenters. The molecular weight excluding hydrogens is 400 g/mol. The summed E-state index contributed by atoms with van der Waals surface area (Å²) in [5, 5.41) is 3.88. The number of likely N-dealkylation sites (N-methyl/N-ethyl adjacent to an activating group) is 1. The second kappa shape index (κ2) is 8.48. The topological polar surface area (TPSA) is 50.8 Å². The lowest BCUT2D eigenvalue weighted by molar-refractivity contribution is 0.0904. The molecule has 1 amide bonds. The number of hydrogen-bond donors (Lipinski definition) is 1. The fraction of sp³-hybridized carbons (Fsp3) is 0.458. The highest BCUT2D eigenvalue weighted by atomic mass is 35.5. The van der Waals surface area contributed by atoms with Gasteiger partial charge in [-0.2, -0.15) is 0 Å². The third-order valence-electron chi connectivity index (χ3n) is 6.77. The van der Waals surface area contributed by atoms with E-state index in [0.29, 0.717) is 16.5 Å². The Balaban J connectivity index is 1.53. The molecule has 2 aromatic carbocycles. The second-order valence-corrected chi connectivity index (χ2v) is 9.01. The van der Waals surface area contributed by atoms with E-state index in [1.54, 1.807) is 38.5 Å². The molecule has 0 aromatic heterocycles. The number of carbonyl (C=O) groups excluding carboxylic acids is 1. The summed E-state index contributed by atoms with van der Waals surface area (Å²) >= 11 is 5.94. The van der Waals surface area contributed by atoms with Gasteiger partial charge in [0.15, 0.2) is 11.5 Å². The summed E-state index contributed by atoms with van der Waals surface area (Å²) in [6.45, 7) is 2.05. The monoisotopic (exact) mass is 428 g/mol. The number of ether oxygens (including phenoxy) is 2. The van der Waals surface area contributed by atoms with Crippen molar-refractivity contribution in [2.75, 3.05) is 34.4 Å². The minimum atomic E-state index is -0.0263. The molecule has 4 rings (SSSR count). The van der Waals surface area contributed by atoms with Gasteiger partial charge in [-0.15, -0.1) is 0 Å². The molecule has 5 nitrogen and oxygen atoms in total. The van der Waals surface area contributed by atoms with Crippen LogP contribution >= 0.6 is 11.6 Å². The number of nitrogens with one attached hydrogen (secondary N) is 1. The van der Waals surface area contributed by atoms with Gasteiger partial charge in [0.05, 0.1) is 14.2 Å². The van der Waals surface area contributed by atoms with Crippen LogP contribution in [0, 0.1) is 5.92 Å².